The van der Waals surface area contributed by atoms with Crippen molar-refractivity contribution in [3.05, 3.63) is 51.2 Å². The fourth-order valence-corrected chi connectivity index (χ4v) is 3.80. The van der Waals surface area contributed by atoms with E-state index in [-0.39, 0.29) is 24.5 Å². The molecule has 0 aliphatic carbocycles. The maximum Gasteiger partial charge on any atom is 0.336 e. The molecular weight excluding hydrogens is 479 g/mol. The summed E-state index contributed by atoms with van der Waals surface area (Å²) in [5, 5.41) is 11.2. The van der Waals surface area contributed by atoms with Gasteiger partial charge in [-0.05, 0) is 26.3 Å². The Morgan fingerprint density at radius 3 is 2.50 bits per heavy atom. The Kier molecular flexibility index (Phi) is 7.67. The molecule has 0 saturated carbocycles. The van der Waals surface area contributed by atoms with Crippen molar-refractivity contribution in [3.8, 4) is 0 Å². The van der Waals surface area contributed by atoms with Gasteiger partial charge in [-0.1, -0.05) is 34.7 Å². The normalized spacial score (nSPS) is 19.1. The number of benzene rings is 1. The van der Waals surface area contributed by atoms with Gasteiger partial charge in [-0.3, -0.25) is 19.9 Å². The zero-order chi connectivity index (χ0) is 20.8. The zero-order valence-corrected chi connectivity index (χ0v) is 18.0. The van der Waals surface area contributed by atoms with Crippen LogP contribution in [-0.4, -0.2) is 40.2 Å². The molecule has 0 spiro atoms. The molecule has 1 aromatic carbocycles. The molecule has 2 unspecified atom stereocenters. The molecule has 1 aliphatic rings. The van der Waals surface area contributed by atoms with Crippen molar-refractivity contribution >= 4 is 45.9 Å². The Hall–Kier alpha value is -2.30. The van der Waals surface area contributed by atoms with Gasteiger partial charge < -0.3 is 9.47 Å². The van der Waals surface area contributed by atoms with Crippen LogP contribution in [0.1, 0.15) is 32.3 Å². The summed E-state index contributed by atoms with van der Waals surface area (Å²) in [4.78, 5) is 40.7. The fourth-order valence-electron chi connectivity index (χ4n) is 3.22. The second-order valence-corrected chi connectivity index (χ2v) is 6.79. The lowest BCUT2D eigenvalue weighted by molar-refractivity contribution is -0.384. The Bertz CT molecular complexity index is 849. The van der Waals surface area contributed by atoms with Crippen LogP contribution in [0.25, 0.3) is 0 Å². The molecule has 150 valence electrons. The predicted octanol–water partition coefficient (Wildman–Crippen LogP) is 3.58. The van der Waals surface area contributed by atoms with Gasteiger partial charge in [0.25, 0.3) is 5.69 Å². The lowest BCUT2D eigenvalue weighted by atomic mass is 9.75. The van der Waals surface area contributed by atoms with Crippen molar-refractivity contribution in [2.75, 3.05) is 17.6 Å². The van der Waals surface area contributed by atoms with E-state index < -0.39 is 28.7 Å². The summed E-state index contributed by atoms with van der Waals surface area (Å²) in [5.41, 5.74) is 1.56. The lowest BCUT2D eigenvalue weighted by Crippen LogP contribution is -2.37. The zero-order valence-electron chi connectivity index (χ0n) is 15.8. The van der Waals surface area contributed by atoms with E-state index in [1.807, 2.05) is 0 Å². The van der Waals surface area contributed by atoms with Gasteiger partial charge in [0, 0.05) is 28.2 Å². The number of hydrogen-bond donors (Lipinski definition) is 0. The van der Waals surface area contributed by atoms with E-state index in [1.165, 1.54) is 18.2 Å². The first kappa shape index (κ1) is 22.0. The van der Waals surface area contributed by atoms with E-state index in [0.717, 1.165) is 0 Å². The summed E-state index contributed by atoms with van der Waals surface area (Å²) < 4.78 is 10.8. The first-order valence-electron chi connectivity index (χ1n) is 8.77. The number of allylic oxidation sites excluding steroid dienone is 1. The number of nitrogens with zero attached hydrogens (tertiary/aromatic N) is 2. The molecule has 0 N–H and O–H groups in total. The highest BCUT2D eigenvalue weighted by Crippen LogP contribution is 2.41. The molecule has 9 heteroatoms. The number of carbonyl (C=O) groups is 2. The van der Waals surface area contributed by atoms with Crippen LogP contribution in [-0.2, 0) is 19.1 Å². The third-order valence-electron chi connectivity index (χ3n) is 4.32. The molecule has 1 aromatic rings. The van der Waals surface area contributed by atoms with Gasteiger partial charge in [-0.2, -0.15) is 0 Å². The van der Waals surface area contributed by atoms with Crippen molar-refractivity contribution in [1.82, 2.24) is 0 Å². The topological polar surface area (TPSA) is 108 Å². The molecule has 0 bridgehead atoms. The minimum Gasteiger partial charge on any atom is -0.465 e. The Morgan fingerprint density at radius 2 is 1.93 bits per heavy atom. The summed E-state index contributed by atoms with van der Waals surface area (Å²) in [6.45, 7) is 5.39. The minimum atomic E-state index is -0.868. The van der Waals surface area contributed by atoms with Gasteiger partial charge in [0.2, 0.25) is 0 Å². The maximum absolute atomic E-state index is 12.8. The lowest BCUT2D eigenvalue weighted by Gasteiger charge is -2.31. The molecule has 8 nitrogen and oxygen atoms in total. The van der Waals surface area contributed by atoms with Crippen molar-refractivity contribution in [2.24, 2.45) is 10.9 Å². The van der Waals surface area contributed by atoms with Crippen molar-refractivity contribution in [3.63, 3.8) is 0 Å². The van der Waals surface area contributed by atoms with E-state index in [1.54, 1.807) is 26.8 Å². The minimum absolute atomic E-state index is 0.125. The van der Waals surface area contributed by atoms with Crippen LogP contribution in [0.3, 0.4) is 0 Å². The molecular formula is C19H21IN2O6. The highest BCUT2D eigenvalue weighted by molar-refractivity contribution is 14.1. The van der Waals surface area contributed by atoms with Crippen molar-refractivity contribution in [2.45, 2.75) is 26.7 Å². The summed E-state index contributed by atoms with van der Waals surface area (Å²) in [7, 11) is 0. The fraction of sp³-hybridized carbons (Fsp3) is 0.421. The Balaban J connectivity index is 2.72. The molecule has 1 heterocycles. The number of hydrogen-bond acceptors (Lipinski definition) is 7. The SMILES string of the molecule is CCOC(=O)C1=C(CI)N=C(C)C(C(=O)OCC)C1c1cccc([N+](=O)[O-])c1. The standard InChI is InChI=1S/C19H21IN2O6/c1-4-27-18(23)15-11(3)21-14(10-20)17(19(24)28-5-2)16(15)12-7-6-8-13(9-12)22(25)26/h6-9,15-16H,4-5,10H2,1-3H3. The van der Waals surface area contributed by atoms with Crippen LogP contribution in [0.5, 0.6) is 0 Å². The van der Waals surface area contributed by atoms with Crippen LogP contribution in [0.15, 0.2) is 40.5 Å². The van der Waals surface area contributed by atoms with E-state index in [9.17, 15) is 19.7 Å². The first-order chi connectivity index (χ1) is 13.3. The summed E-state index contributed by atoms with van der Waals surface area (Å²) in [6, 6.07) is 5.93. The summed E-state index contributed by atoms with van der Waals surface area (Å²) in [6.07, 6.45) is 0. The molecule has 0 radical (unpaired) electrons. The third-order valence-corrected chi connectivity index (χ3v) is 5.04. The Morgan fingerprint density at radius 1 is 1.25 bits per heavy atom. The average Bonchev–Trinajstić information content (AvgIpc) is 2.67. The van der Waals surface area contributed by atoms with Crippen LogP contribution >= 0.6 is 22.6 Å². The van der Waals surface area contributed by atoms with Gasteiger partial charge in [-0.15, -0.1) is 0 Å². The molecule has 0 amide bonds. The number of carbonyl (C=O) groups excluding carboxylic acids is 2. The number of alkyl halides is 1. The number of aliphatic imine (C=N–C) groups is 1. The van der Waals surface area contributed by atoms with Gasteiger partial charge in [0.1, 0.15) is 5.92 Å². The van der Waals surface area contributed by atoms with Crippen LogP contribution in [0.2, 0.25) is 0 Å². The van der Waals surface area contributed by atoms with Gasteiger partial charge in [0.15, 0.2) is 0 Å². The van der Waals surface area contributed by atoms with E-state index in [4.69, 9.17) is 9.47 Å². The highest BCUT2D eigenvalue weighted by atomic mass is 127. The van der Waals surface area contributed by atoms with Gasteiger partial charge >= 0.3 is 11.9 Å². The number of non-ortho nitro benzene ring substituents is 1. The molecule has 2 rings (SSSR count). The monoisotopic (exact) mass is 500 g/mol. The smallest absolute Gasteiger partial charge is 0.336 e. The highest BCUT2D eigenvalue weighted by Gasteiger charge is 2.43. The predicted molar refractivity (Wildman–Crippen MR) is 112 cm³/mol. The third kappa shape index (κ3) is 4.57. The molecule has 2 atom stereocenters. The molecule has 0 saturated heterocycles. The van der Waals surface area contributed by atoms with E-state index in [0.29, 0.717) is 21.4 Å². The number of rotatable bonds is 7. The molecule has 1 aliphatic heterocycles. The summed E-state index contributed by atoms with van der Waals surface area (Å²) in [5.74, 6) is -2.76. The molecule has 28 heavy (non-hydrogen) atoms. The maximum atomic E-state index is 12.8. The van der Waals surface area contributed by atoms with Crippen LogP contribution < -0.4 is 0 Å². The number of ether oxygens (including phenoxy) is 2. The number of halogens is 1. The quantitative estimate of drug-likeness (QED) is 0.186. The van der Waals surface area contributed by atoms with Gasteiger partial charge in [-0.25, -0.2) is 4.79 Å². The van der Waals surface area contributed by atoms with E-state index in [2.05, 4.69) is 27.6 Å². The van der Waals surface area contributed by atoms with E-state index >= 15 is 0 Å². The second kappa shape index (κ2) is 9.76. The number of esters is 2. The van der Waals surface area contributed by atoms with Gasteiger partial charge in [0.05, 0.1) is 29.4 Å². The van der Waals surface area contributed by atoms with Crippen molar-refractivity contribution in [1.29, 1.82) is 0 Å². The molecule has 0 fully saturated rings. The largest absolute Gasteiger partial charge is 0.465 e. The Labute approximate surface area is 176 Å². The van der Waals surface area contributed by atoms with Crippen LogP contribution in [0.4, 0.5) is 5.69 Å². The molecule has 0 aromatic heterocycles. The average molecular weight is 500 g/mol. The summed E-state index contributed by atoms with van der Waals surface area (Å²) >= 11 is 2.08. The first-order valence-corrected chi connectivity index (χ1v) is 10.3. The second-order valence-electron chi connectivity index (χ2n) is 6.03. The number of nitro benzene ring substituents is 1. The van der Waals surface area contributed by atoms with Crippen molar-refractivity contribution < 1.29 is 24.0 Å². The number of nitro groups is 1. The van der Waals surface area contributed by atoms with Crippen LogP contribution in [0, 0.1) is 16.0 Å².